The second kappa shape index (κ2) is 14.8. The second-order valence-corrected chi connectivity index (χ2v) is 12.1. The Labute approximate surface area is 285 Å². The van der Waals surface area contributed by atoms with Gasteiger partial charge in [-0.05, 0) is 97.5 Å². The molecule has 2 heterocycles. The zero-order chi connectivity index (χ0) is 35.4. The highest BCUT2D eigenvalue weighted by Crippen LogP contribution is 2.25. The van der Waals surface area contributed by atoms with Crippen LogP contribution in [0.3, 0.4) is 0 Å². The molecule has 0 saturated carbocycles. The smallest absolute Gasteiger partial charge is 0.257 e. The molecule has 0 aromatic heterocycles. The van der Waals surface area contributed by atoms with Crippen molar-refractivity contribution in [3.8, 4) is 0 Å². The number of carbonyl (C=O) groups excluding carboxylic acids is 4. The van der Waals surface area contributed by atoms with Crippen LogP contribution in [0, 0.1) is 23.3 Å². The molecule has 2 aliphatic rings. The number of amides is 4. The molecule has 2 N–H and O–H groups in total. The summed E-state index contributed by atoms with van der Waals surface area (Å²) in [6, 6.07) is 17.7. The summed E-state index contributed by atoms with van der Waals surface area (Å²) in [5.74, 6) is -5.48. The molecule has 8 nitrogen and oxygen atoms in total. The van der Waals surface area contributed by atoms with Gasteiger partial charge in [-0.15, -0.1) is 0 Å². The van der Waals surface area contributed by atoms with E-state index in [0.29, 0.717) is 37.1 Å². The van der Waals surface area contributed by atoms with E-state index in [0.717, 1.165) is 47.5 Å². The van der Waals surface area contributed by atoms with Crippen LogP contribution in [0.25, 0.3) is 12.2 Å². The standard InChI is InChI=1S/C38H32F4N4O4/c39-25-11-17-31(41)29(21-25)37(49)45-19-1-3-33(45)35(47)43-27-13-7-23(8-14-27)5-6-24-9-15-28(16-10-24)44-36(48)34-4-2-20-46(34)38(50)30-22-26(40)12-18-32(30)42/h5-18,21-22,33-34H,1-4,19-20H2,(H,43,47)(H,44,48)/b6-5+/t33-,34-/m0/s1. The number of likely N-dealkylation sites (tertiary alicyclic amines) is 2. The zero-order valence-corrected chi connectivity index (χ0v) is 26.7. The quantitative estimate of drug-likeness (QED) is 0.156. The van der Waals surface area contributed by atoms with Crippen LogP contribution >= 0.6 is 0 Å². The molecule has 2 saturated heterocycles. The fraction of sp³-hybridized carbons (Fsp3) is 0.211. The van der Waals surface area contributed by atoms with Gasteiger partial charge in [-0.3, -0.25) is 19.2 Å². The molecule has 0 radical (unpaired) electrons. The Balaban J connectivity index is 1.02. The van der Waals surface area contributed by atoms with Crippen LogP contribution in [0.4, 0.5) is 28.9 Å². The normalized spacial score (nSPS) is 17.3. The Morgan fingerprint density at radius 2 is 0.940 bits per heavy atom. The molecule has 4 aromatic carbocycles. The molecule has 2 atom stereocenters. The molecule has 0 bridgehead atoms. The summed E-state index contributed by atoms with van der Waals surface area (Å²) in [6.45, 7) is 0.509. The summed E-state index contributed by atoms with van der Waals surface area (Å²) in [7, 11) is 0. The molecular formula is C38H32F4N4O4. The van der Waals surface area contributed by atoms with Gasteiger partial charge >= 0.3 is 0 Å². The Morgan fingerprint density at radius 3 is 1.32 bits per heavy atom. The molecule has 6 rings (SSSR count). The number of rotatable bonds is 8. The lowest BCUT2D eigenvalue weighted by atomic mass is 10.1. The minimum atomic E-state index is -0.849. The zero-order valence-electron chi connectivity index (χ0n) is 26.7. The predicted octanol–water partition coefficient (Wildman–Crippen LogP) is 6.90. The molecule has 12 heteroatoms. The summed E-state index contributed by atoms with van der Waals surface area (Å²) in [4.78, 5) is 54.5. The second-order valence-electron chi connectivity index (χ2n) is 12.1. The summed E-state index contributed by atoms with van der Waals surface area (Å²) >= 11 is 0. The Hall–Kier alpha value is -5.78. The first kappa shape index (κ1) is 34.1. The van der Waals surface area contributed by atoms with Crippen LogP contribution in [0.15, 0.2) is 84.9 Å². The van der Waals surface area contributed by atoms with Crippen LogP contribution in [0.1, 0.15) is 57.5 Å². The number of hydrogen-bond donors (Lipinski definition) is 2. The average molecular weight is 685 g/mol. The van der Waals surface area contributed by atoms with Gasteiger partial charge in [0.15, 0.2) is 0 Å². The average Bonchev–Trinajstić information content (AvgIpc) is 3.81. The number of nitrogens with one attached hydrogen (secondary N) is 2. The van der Waals surface area contributed by atoms with Crippen molar-refractivity contribution < 1.29 is 36.7 Å². The number of benzene rings is 4. The molecule has 2 aliphatic heterocycles. The van der Waals surface area contributed by atoms with Crippen molar-refractivity contribution in [2.75, 3.05) is 23.7 Å². The van der Waals surface area contributed by atoms with Crippen LogP contribution in [-0.2, 0) is 9.59 Å². The van der Waals surface area contributed by atoms with Crippen molar-refractivity contribution in [3.63, 3.8) is 0 Å². The van der Waals surface area contributed by atoms with E-state index in [-0.39, 0.29) is 13.1 Å². The van der Waals surface area contributed by atoms with Gasteiger partial charge in [0, 0.05) is 24.5 Å². The SMILES string of the molecule is O=C(Nc1ccc(/C=C/c2ccc(NC(=O)[C@@H]3CCCN3C(=O)c3cc(F)ccc3F)cc2)cc1)[C@@H]1CCCN1C(=O)c1cc(F)ccc1F. The van der Waals surface area contributed by atoms with Crippen molar-refractivity contribution in [2.45, 2.75) is 37.8 Å². The third-order valence-electron chi connectivity index (χ3n) is 8.77. The molecule has 0 aliphatic carbocycles. The lowest BCUT2D eigenvalue weighted by molar-refractivity contribution is -0.120. The summed E-state index contributed by atoms with van der Waals surface area (Å²) in [6.07, 6.45) is 5.62. The van der Waals surface area contributed by atoms with E-state index in [1.165, 1.54) is 9.80 Å². The highest BCUT2D eigenvalue weighted by molar-refractivity contribution is 6.02. The molecule has 4 amide bonds. The first-order chi connectivity index (χ1) is 24.1. The Bertz CT molecular complexity index is 1830. The molecule has 4 aromatic rings. The van der Waals surface area contributed by atoms with Gasteiger partial charge in [0.2, 0.25) is 11.8 Å². The van der Waals surface area contributed by atoms with Crippen molar-refractivity contribution >= 4 is 47.2 Å². The molecule has 256 valence electrons. The number of anilines is 2. The van der Waals surface area contributed by atoms with Gasteiger partial charge < -0.3 is 20.4 Å². The minimum absolute atomic E-state index is 0.254. The summed E-state index contributed by atoms with van der Waals surface area (Å²) in [5.41, 5.74) is 1.86. The van der Waals surface area contributed by atoms with E-state index < -0.39 is 70.1 Å². The summed E-state index contributed by atoms with van der Waals surface area (Å²) in [5, 5.41) is 5.60. The maximum absolute atomic E-state index is 14.2. The van der Waals surface area contributed by atoms with E-state index in [4.69, 9.17) is 0 Å². The van der Waals surface area contributed by atoms with Crippen LogP contribution < -0.4 is 10.6 Å². The van der Waals surface area contributed by atoms with E-state index in [2.05, 4.69) is 10.6 Å². The fourth-order valence-electron chi connectivity index (χ4n) is 6.20. The van der Waals surface area contributed by atoms with Crippen molar-refractivity contribution in [2.24, 2.45) is 0 Å². The van der Waals surface area contributed by atoms with E-state index in [1.54, 1.807) is 48.5 Å². The van der Waals surface area contributed by atoms with Crippen molar-refractivity contribution in [1.82, 2.24) is 9.80 Å². The molecular weight excluding hydrogens is 652 g/mol. The number of carbonyl (C=O) groups is 4. The lowest BCUT2D eigenvalue weighted by Crippen LogP contribution is -2.43. The molecule has 0 spiro atoms. The van der Waals surface area contributed by atoms with E-state index >= 15 is 0 Å². The molecule has 50 heavy (non-hydrogen) atoms. The van der Waals surface area contributed by atoms with E-state index in [9.17, 15) is 36.7 Å². The largest absolute Gasteiger partial charge is 0.327 e. The van der Waals surface area contributed by atoms with Crippen LogP contribution in [-0.4, -0.2) is 58.6 Å². The number of halogens is 4. The van der Waals surface area contributed by atoms with Crippen LogP contribution in [0.5, 0.6) is 0 Å². The molecule has 0 unspecified atom stereocenters. The number of hydrogen-bond acceptors (Lipinski definition) is 4. The van der Waals surface area contributed by atoms with Crippen LogP contribution in [0.2, 0.25) is 0 Å². The Kier molecular flexibility index (Phi) is 10.1. The number of nitrogens with zero attached hydrogens (tertiary/aromatic N) is 2. The highest BCUT2D eigenvalue weighted by atomic mass is 19.1. The van der Waals surface area contributed by atoms with Gasteiger partial charge in [0.1, 0.15) is 35.4 Å². The highest BCUT2D eigenvalue weighted by Gasteiger charge is 2.37. The third kappa shape index (κ3) is 7.59. The topological polar surface area (TPSA) is 98.8 Å². The van der Waals surface area contributed by atoms with Gasteiger partial charge in [-0.2, -0.15) is 0 Å². The van der Waals surface area contributed by atoms with Gasteiger partial charge in [0.05, 0.1) is 11.1 Å². The first-order valence-electron chi connectivity index (χ1n) is 16.1. The third-order valence-corrected chi connectivity index (χ3v) is 8.77. The lowest BCUT2D eigenvalue weighted by Gasteiger charge is -2.24. The van der Waals surface area contributed by atoms with Gasteiger partial charge in [-0.1, -0.05) is 36.4 Å². The maximum Gasteiger partial charge on any atom is 0.257 e. The minimum Gasteiger partial charge on any atom is -0.327 e. The predicted molar refractivity (Wildman–Crippen MR) is 180 cm³/mol. The van der Waals surface area contributed by atoms with E-state index in [1.807, 2.05) is 12.2 Å². The van der Waals surface area contributed by atoms with Gasteiger partial charge in [-0.25, -0.2) is 17.6 Å². The molecule has 2 fully saturated rings. The Morgan fingerprint density at radius 1 is 0.560 bits per heavy atom. The fourth-order valence-corrected chi connectivity index (χ4v) is 6.20. The van der Waals surface area contributed by atoms with Gasteiger partial charge in [0.25, 0.3) is 11.8 Å². The monoisotopic (exact) mass is 684 g/mol. The summed E-state index contributed by atoms with van der Waals surface area (Å²) < 4.78 is 55.7. The maximum atomic E-state index is 14.2. The van der Waals surface area contributed by atoms with Crippen molar-refractivity contribution in [3.05, 3.63) is 130 Å². The first-order valence-corrected chi connectivity index (χ1v) is 16.1. The van der Waals surface area contributed by atoms with Crippen molar-refractivity contribution in [1.29, 1.82) is 0 Å².